The highest BCUT2D eigenvalue weighted by Crippen LogP contribution is 1.94. The van der Waals surface area contributed by atoms with E-state index in [2.05, 4.69) is 25.7 Å². The summed E-state index contributed by atoms with van der Waals surface area (Å²) in [6.45, 7) is 0. The maximum Gasteiger partial charge on any atom is 0.308 e. The molecule has 0 aliphatic carbocycles. The van der Waals surface area contributed by atoms with Crippen molar-refractivity contribution in [3.05, 3.63) is 36.3 Å². The highest BCUT2D eigenvalue weighted by atomic mass is 16.3. The third kappa shape index (κ3) is 2.27. The molecule has 0 unspecified atom stereocenters. The summed E-state index contributed by atoms with van der Waals surface area (Å²) in [5.74, 6) is 0.190. The van der Waals surface area contributed by atoms with Crippen molar-refractivity contribution in [2.24, 2.45) is 5.10 Å². The van der Waals surface area contributed by atoms with Crippen LogP contribution in [-0.4, -0.2) is 27.3 Å². The van der Waals surface area contributed by atoms with E-state index in [1.807, 2.05) is 0 Å². The lowest BCUT2D eigenvalue weighted by Crippen LogP contribution is -2.19. The Bertz CT molecular complexity index is 445. The second kappa shape index (κ2) is 4.18. The van der Waals surface area contributed by atoms with Crippen LogP contribution < -0.4 is 5.43 Å². The number of hydrogen-bond donors (Lipinski definition) is 2. The molecular weight excluding hydrogens is 198 g/mol. The summed E-state index contributed by atoms with van der Waals surface area (Å²) in [6, 6.07) is 3.43. The summed E-state index contributed by atoms with van der Waals surface area (Å²) in [4.78, 5) is 14.9. The fourth-order valence-electron chi connectivity index (χ4n) is 0.887. The average molecular weight is 205 g/mol. The number of nitrogens with one attached hydrogen (secondary N) is 2. The Hall–Kier alpha value is -2.44. The molecule has 7 heteroatoms. The van der Waals surface area contributed by atoms with Gasteiger partial charge in [0.05, 0.1) is 12.5 Å². The Balaban J connectivity index is 1.91. The van der Waals surface area contributed by atoms with Gasteiger partial charge in [-0.2, -0.15) is 10.2 Å². The Kier molecular flexibility index (Phi) is 2.54. The fourth-order valence-corrected chi connectivity index (χ4v) is 0.887. The minimum absolute atomic E-state index is 0.103. The van der Waals surface area contributed by atoms with Gasteiger partial charge in [-0.3, -0.25) is 9.89 Å². The third-order valence-electron chi connectivity index (χ3n) is 1.53. The van der Waals surface area contributed by atoms with E-state index >= 15 is 0 Å². The van der Waals surface area contributed by atoms with E-state index < -0.39 is 5.91 Å². The summed E-state index contributed by atoms with van der Waals surface area (Å²) >= 11 is 0. The molecule has 15 heavy (non-hydrogen) atoms. The minimum atomic E-state index is -0.463. The SMILES string of the molecule is O=C(N/N=C\c1ccco1)c1ncn[nH]1. The number of amides is 1. The standard InChI is InChI=1S/C8H7N5O2/c14-8(7-9-5-11-12-7)13-10-4-6-2-1-3-15-6/h1-5H,(H,13,14)(H,9,11,12)/b10-4-. The van der Waals surface area contributed by atoms with Gasteiger partial charge in [0, 0.05) is 0 Å². The third-order valence-corrected chi connectivity index (χ3v) is 1.53. The Morgan fingerprint density at radius 2 is 2.60 bits per heavy atom. The number of hydrogen-bond acceptors (Lipinski definition) is 5. The molecule has 0 spiro atoms. The molecule has 0 saturated carbocycles. The maximum atomic E-state index is 11.2. The van der Waals surface area contributed by atoms with Crippen LogP contribution in [0.1, 0.15) is 16.4 Å². The van der Waals surface area contributed by atoms with Gasteiger partial charge in [-0.15, -0.1) is 0 Å². The second-order valence-electron chi connectivity index (χ2n) is 2.55. The first-order valence-electron chi connectivity index (χ1n) is 4.08. The van der Waals surface area contributed by atoms with E-state index in [-0.39, 0.29) is 5.82 Å². The van der Waals surface area contributed by atoms with Crippen molar-refractivity contribution < 1.29 is 9.21 Å². The fraction of sp³-hybridized carbons (Fsp3) is 0. The van der Waals surface area contributed by atoms with Crippen LogP contribution in [0.25, 0.3) is 0 Å². The van der Waals surface area contributed by atoms with Gasteiger partial charge in [0.2, 0.25) is 5.82 Å². The molecule has 0 aliphatic heterocycles. The Morgan fingerprint density at radius 1 is 1.67 bits per heavy atom. The summed E-state index contributed by atoms with van der Waals surface area (Å²) in [6.07, 6.45) is 4.14. The topological polar surface area (TPSA) is 96.2 Å². The normalized spacial score (nSPS) is 10.7. The van der Waals surface area contributed by atoms with E-state index in [4.69, 9.17) is 4.42 Å². The van der Waals surface area contributed by atoms with Crippen LogP contribution in [0.15, 0.2) is 34.2 Å². The Morgan fingerprint density at radius 3 is 3.27 bits per heavy atom. The molecule has 2 rings (SSSR count). The zero-order chi connectivity index (χ0) is 10.5. The first-order chi connectivity index (χ1) is 7.36. The lowest BCUT2D eigenvalue weighted by atomic mass is 10.5. The van der Waals surface area contributed by atoms with Crippen molar-refractivity contribution in [3.63, 3.8) is 0 Å². The number of hydrazone groups is 1. The number of carbonyl (C=O) groups is 1. The van der Waals surface area contributed by atoms with Crippen molar-refractivity contribution in [3.8, 4) is 0 Å². The zero-order valence-electron chi connectivity index (χ0n) is 7.54. The predicted octanol–water partition coefficient (Wildman–Crippen LogP) is 0.162. The van der Waals surface area contributed by atoms with Crippen LogP contribution in [0, 0.1) is 0 Å². The number of H-pyrrole nitrogens is 1. The number of aromatic amines is 1. The van der Waals surface area contributed by atoms with Gasteiger partial charge in [0.25, 0.3) is 0 Å². The predicted molar refractivity (Wildman–Crippen MR) is 50.2 cm³/mol. The van der Waals surface area contributed by atoms with Gasteiger partial charge in [0.15, 0.2) is 0 Å². The molecule has 2 aromatic heterocycles. The van der Waals surface area contributed by atoms with Crippen molar-refractivity contribution in [1.29, 1.82) is 0 Å². The smallest absolute Gasteiger partial charge is 0.308 e. The summed E-state index contributed by atoms with van der Waals surface area (Å²) in [5, 5.41) is 9.61. The molecule has 0 atom stereocenters. The van der Waals surface area contributed by atoms with Crippen LogP contribution in [-0.2, 0) is 0 Å². The van der Waals surface area contributed by atoms with Crippen LogP contribution in [0.5, 0.6) is 0 Å². The van der Waals surface area contributed by atoms with E-state index in [1.54, 1.807) is 12.1 Å². The van der Waals surface area contributed by atoms with Gasteiger partial charge in [-0.1, -0.05) is 0 Å². The van der Waals surface area contributed by atoms with Gasteiger partial charge in [-0.05, 0) is 12.1 Å². The molecule has 76 valence electrons. The highest BCUT2D eigenvalue weighted by Gasteiger charge is 2.05. The highest BCUT2D eigenvalue weighted by molar-refractivity contribution is 5.90. The first kappa shape index (κ1) is 9.13. The largest absolute Gasteiger partial charge is 0.463 e. The molecule has 0 bridgehead atoms. The number of rotatable bonds is 3. The summed E-state index contributed by atoms with van der Waals surface area (Å²) in [5.41, 5.74) is 2.26. The average Bonchev–Trinajstić information content (AvgIpc) is 2.90. The molecule has 0 radical (unpaired) electrons. The second-order valence-corrected chi connectivity index (χ2v) is 2.55. The minimum Gasteiger partial charge on any atom is -0.463 e. The monoisotopic (exact) mass is 205 g/mol. The number of carbonyl (C=O) groups excluding carboxylic acids is 1. The van der Waals surface area contributed by atoms with Gasteiger partial charge >= 0.3 is 5.91 Å². The molecule has 0 saturated heterocycles. The molecule has 7 nitrogen and oxygen atoms in total. The molecular formula is C8H7N5O2. The number of furan rings is 1. The molecule has 0 aliphatic rings. The molecule has 0 fully saturated rings. The van der Waals surface area contributed by atoms with Crippen molar-refractivity contribution in [1.82, 2.24) is 20.6 Å². The van der Waals surface area contributed by atoms with Crippen LogP contribution in [0.3, 0.4) is 0 Å². The summed E-state index contributed by atoms with van der Waals surface area (Å²) in [7, 11) is 0. The van der Waals surface area contributed by atoms with Crippen molar-refractivity contribution in [2.45, 2.75) is 0 Å². The molecule has 2 N–H and O–H groups in total. The molecule has 2 aromatic rings. The maximum absolute atomic E-state index is 11.2. The van der Waals surface area contributed by atoms with Gasteiger partial charge < -0.3 is 4.42 Å². The molecule has 2 heterocycles. The van der Waals surface area contributed by atoms with Gasteiger partial charge in [0.1, 0.15) is 12.1 Å². The Labute approximate surface area is 84.2 Å². The molecule has 1 amide bonds. The van der Waals surface area contributed by atoms with E-state index in [9.17, 15) is 4.79 Å². The van der Waals surface area contributed by atoms with Crippen LogP contribution in [0.2, 0.25) is 0 Å². The lowest BCUT2D eigenvalue weighted by Gasteiger charge is -1.92. The molecule has 0 aromatic carbocycles. The van der Waals surface area contributed by atoms with Crippen LogP contribution >= 0.6 is 0 Å². The van der Waals surface area contributed by atoms with Crippen molar-refractivity contribution >= 4 is 12.1 Å². The van der Waals surface area contributed by atoms with E-state index in [0.717, 1.165) is 0 Å². The zero-order valence-corrected chi connectivity index (χ0v) is 7.54. The van der Waals surface area contributed by atoms with Crippen molar-refractivity contribution in [2.75, 3.05) is 0 Å². The number of aromatic nitrogens is 3. The van der Waals surface area contributed by atoms with Gasteiger partial charge in [-0.25, -0.2) is 10.4 Å². The first-order valence-corrected chi connectivity index (χ1v) is 4.08. The number of nitrogens with zero attached hydrogens (tertiary/aromatic N) is 3. The van der Waals surface area contributed by atoms with E-state index in [1.165, 1.54) is 18.8 Å². The van der Waals surface area contributed by atoms with E-state index in [0.29, 0.717) is 5.76 Å². The summed E-state index contributed by atoms with van der Waals surface area (Å²) < 4.78 is 4.97. The lowest BCUT2D eigenvalue weighted by molar-refractivity contribution is 0.0945. The van der Waals surface area contributed by atoms with Crippen LogP contribution in [0.4, 0.5) is 0 Å². The quantitative estimate of drug-likeness (QED) is 0.551.